The Kier molecular flexibility index (Phi) is 4.40. The molecule has 0 spiro atoms. The number of hydrogen-bond acceptors (Lipinski definition) is 2. The van der Waals surface area contributed by atoms with Gasteiger partial charge in [-0.05, 0) is 35.7 Å². The van der Waals surface area contributed by atoms with E-state index in [4.69, 9.17) is 10.5 Å². The Morgan fingerprint density at radius 1 is 1.15 bits per heavy atom. The van der Waals surface area contributed by atoms with Crippen molar-refractivity contribution in [2.75, 3.05) is 13.7 Å². The lowest BCUT2D eigenvalue weighted by atomic mass is 9.77. The molecule has 0 aromatic heterocycles. The summed E-state index contributed by atoms with van der Waals surface area (Å²) >= 11 is 0. The quantitative estimate of drug-likeness (QED) is 0.907. The molecule has 2 N–H and O–H groups in total. The summed E-state index contributed by atoms with van der Waals surface area (Å²) < 4.78 is 19.1. The third kappa shape index (κ3) is 2.99. The average Bonchev–Trinajstić information content (AvgIpc) is 2.49. The standard InChI is InChI=1S/C17H20FNO/c1-17(12-19,11-13-6-3-4-9-16(13)18)14-7-5-8-15(10-14)20-2/h3-10H,11-12,19H2,1-2H3. The summed E-state index contributed by atoms with van der Waals surface area (Å²) in [6.45, 7) is 2.49. The number of nitrogens with two attached hydrogens (primary N) is 1. The highest BCUT2D eigenvalue weighted by Crippen LogP contribution is 2.30. The summed E-state index contributed by atoms with van der Waals surface area (Å²) in [5.74, 6) is 0.603. The maximum Gasteiger partial charge on any atom is 0.126 e. The van der Waals surface area contributed by atoms with Crippen LogP contribution in [-0.4, -0.2) is 13.7 Å². The molecule has 0 saturated carbocycles. The molecule has 0 heterocycles. The van der Waals surface area contributed by atoms with Crippen LogP contribution in [0.15, 0.2) is 48.5 Å². The van der Waals surface area contributed by atoms with E-state index in [-0.39, 0.29) is 11.2 Å². The molecule has 0 bridgehead atoms. The van der Waals surface area contributed by atoms with Gasteiger partial charge in [0.25, 0.3) is 0 Å². The van der Waals surface area contributed by atoms with Crippen molar-refractivity contribution in [2.24, 2.45) is 5.73 Å². The first-order valence-electron chi connectivity index (χ1n) is 6.67. The van der Waals surface area contributed by atoms with Crippen LogP contribution in [0.2, 0.25) is 0 Å². The summed E-state index contributed by atoms with van der Waals surface area (Å²) in [4.78, 5) is 0. The number of ether oxygens (including phenoxy) is 1. The van der Waals surface area contributed by atoms with Crippen LogP contribution in [-0.2, 0) is 11.8 Å². The predicted octanol–water partition coefficient (Wildman–Crippen LogP) is 3.29. The Balaban J connectivity index is 2.35. The predicted molar refractivity (Wildman–Crippen MR) is 79.5 cm³/mol. The Morgan fingerprint density at radius 2 is 1.90 bits per heavy atom. The minimum absolute atomic E-state index is 0.185. The van der Waals surface area contributed by atoms with Crippen molar-refractivity contribution in [2.45, 2.75) is 18.8 Å². The SMILES string of the molecule is COc1cccc(C(C)(CN)Cc2ccccc2F)c1. The van der Waals surface area contributed by atoms with E-state index < -0.39 is 0 Å². The van der Waals surface area contributed by atoms with Crippen molar-refractivity contribution in [3.05, 3.63) is 65.5 Å². The van der Waals surface area contributed by atoms with Crippen LogP contribution in [0.5, 0.6) is 5.75 Å². The molecular weight excluding hydrogens is 253 g/mol. The highest BCUT2D eigenvalue weighted by molar-refractivity contribution is 5.36. The van der Waals surface area contributed by atoms with Crippen LogP contribution in [0.1, 0.15) is 18.1 Å². The van der Waals surface area contributed by atoms with Gasteiger partial charge in [-0.15, -0.1) is 0 Å². The topological polar surface area (TPSA) is 35.2 Å². The lowest BCUT2D eigenvalue weighted by Crippen LogP contribution is -2.34. The molecule has 0 saturated heterocycles. The van der Waals surface area contributed by atoms with E-state index in [0.29, 0.717) is 18.5 Å². The second kappa shape index (κ2) is 6.06. The van der Waals surface area contributed by atoms with Gasteiger partial charge in [-0.3, -0.25) is 0 Å². The fourth-order valence-electron chi connectivity index (χ4n) is 2.35. The molecule has 0 amide bonds. The van der Waals surface area contributed by atoms with Crippen LogP contribution >= 0.6 is 0 Å². The molecule has 0 aliphatic heterocycles. The highest BCUT2D eigenvalue weighted by Gasteiger charge is 2.27. The third-order valence-electron chi connectivity index (χ3n) is 3.76. The summed E-state index contributed by atoms with van der Waals surface area (Å²) in [5.41, 5.74) is 7.38. The first-order chi connectivity index (χ1) is 9.59. The molecule has 2 aromatic rings. The second-order valence-corrected chi connectivity index (χ2v) is 5.26. The van der Waals surface area contributed by atoms with Crippen LogP contribution < -0.4 is 10.5 Å². The summed E-state index contributed by atoms with van der Waals surface area (Å²) in [7, 11) is 1.63. The van der Waals surface area contributed by atoms with E-state index in [1.807, 2.05) is 43.3 Å². The van der Waals surface area contributed by atoms with Gasteiger partial charge >= 0.3 is 0 Å². The summed E-state index contributed by atoms with van der Waals surface area (Å²) in [6, 6.07) is 14.6. The largest absolute Gasteiger partial charge is 0.497 e. The number of rotatable bonds is 5. The highest BCUT2D eigenvalue weighted by atomic mass is 19.1. The first kappa shape index (κ1) is 14.5. The Bertz CT molecular complexity index is 585. The van der Waals surface area contributed by atoms with Crippen molar-refractivity contribution in [1.82, 2.24) is 0 Å². The zero-order valence-corrected chi connectivity index (χ0v) is 11.9. The van der Waals surface area contributed by atoms with E-state index in [1.165, 1.54) is 6.07 Å². The van der Waals surface area contributed by atoms with E-state index >= 15 is 0 Å². The maximum absolute atomic E-state index is 13.9. The maximum atomic E-state index is 13.9. The monoisotopic (exact) mass is 273 g/mol. The van der Waals surface area contributed by atoms with E-state index in [9.17, 15) is 4.39 Å². The van der Waals surface area contributed by atoms with Crippen LogP contribution in [0, 0.1) is 5.82 Å². The molecule has 20 heavy (non-hydrogen) atoms. The molecule has 3 heteroatoms. The van der Waals surface area contributed by atoms with Crippen LogP contribution in [0.4, 0.5) is 4.39 Å². The molecule has 0 radical (unpaired) electrons. The van der Waals surface area contributed by atoms with Gasteiger partial charge < -0.3 is 10.5 Å². The first-order valence-corrected chi connectivity index (χ1v) is 6.67. The normalized spacial score (nSPS) is 13.8. The molecular formula is C17H20FNO. The minimum Gasteiger partial charge on any atom is -0.497 e. The summed E-state index contributed by atoms with van der Waals surface area (Å²) in [6.07, 6.45) is 0.559. The number of benzene rings is 2. The van der Waals surface area contributed by atoms with Crippen molar-refractivity contribution in [1.29, 1.82) is 0 Å². The molecule has 1 atom stereocenters. The summed E-state index contributed by atoms with van der Waals surface area (Å²) in [5, 5.41) is 0. The van der Waals surface area contributed by atoms with Crippen LogP contribution in [0.25, 0.3) is 0 Å². The van der Waals surface area contributed by atoms with E-state index in [2.05, 4.69) is 0 Å². The van der Waals surface area contributed by atoms with Gasteiger partial charge in [0, 0.05) is 12.0 Å². The Labute approximate surface area is 119 Å². The van der Waals surface area contributed by atoms with E-state index in [0.717, 1.165) is 11.3 Å². The van der Waals surface area contributed by atoms with Crippen LogP contribution in [0.3, 0.4) is 0 Å². The van der Waals surface area contributed by atoms with Crippen molar-refractivity contribution in [3.63, 3.8) is 0 Å². The van der Waals surface area contributed by atoms with Gasteiger partial charge in [0.05, 0.1) is 7.11 Å². The van der Waals surface area contributed by atoms with E-state index in [1.54, 1.807) is 13.2 Å². The zero-order valence-electron chi connectivity index (χ0n) is 11.9. The molecule has 0 aliphatic carbocycles. The molecule has 1 unspecified atom stereocenters. The van der Waals surface area contributed by atoms with Crippen molar-refractivity contribution < 1.29 is 9.13 Å². The Morgan fingerprint density at radius 3 is 2.55 bits per heavy atom. The minimum atomic E-state index is -0.323. The molecule has 2 nitrogen and oxygen atoms in total. The second-order valence-electron chi connectivity index (χ2n) is 5.26. The van der Waals surface area contributed by atoms with Gasteiger partial charge in [0.1, 0.15) is 11.6 Å². The third-order valence-corrected chi connectivity index (χ3v) is 3.76. The number of halogens is 1. The van der Waals surface area contributed by atoms with Crippen molar-refractivity contribution >= 4 is 0 Å². The molecule has 106 valence electrons. The smallest absolute Gasteiger partial charge is 0.126 e. The van der Waals surface area contributed by atoms with Gasteiger partial charge in [-0.1, -0.05) is 37.3 Å². The lowest BCUT2D eigenvalue weighted by Gasteiger charge is -2.29. The van der Waals surface area contributed by atoms with Gasteiger partial charge in [0.15, 0.2) is 0 Å². The number of hydrogen-bond donors (Lipinski definition) is 1. The average molecular weight is 273 g/mol. The molecule has 2 aromatic carbocycles. The zero-order chi connectivity index (χ0) is 14.6. The lowest BCUT2D eigenvalue weighted by molar-refractivity contribution is 0.409. The van der Waals surface area contributed by atoms with Crippen molar-refractivity contribution in [3.8, 4) is 5.75 Å². The Hall–Kier alpha value is -1.87. The molecule has 0 fully saturated rings. The molecule has 0 aliphatic rings. The number of methoxy groups -OCH3 is 1. The van der Waals surface area contributed by atoms with Gasteiger partial charge in [0.2, 0.25) is 0 Å². The fourth-order valence-corrected chi connectivity index (χ4v) is 2.35. The molecule has 2 rings (SSSR count). The van der Waals surface area contributed by atoms with Gasteiger partial charge in [-0.25, -0.2) is 4.39 Å². The van der Waals surface area contributed by atoms with Gasteiger partial charge in [-0.2, -0.15) is 0 Å². The fraction of sp³-hybridized carbons (Fsp3) is 0.294.